The number of benzene rings is 2. The smallest absolute Gasteiger partial charge is 0.251 e. The minimum absolute atomic E-state index is 0.0476. The van der Waals surface area contributed by atoms with E-state index in [-0.39, 0.29) is 11.9 Å². The maximum absolute atomic E-state index is 12.9. The largest absolute Gasteiger partial charge is 0.367 e. The van der Waals surface area contributed by atoms with Crippen LogP contribution in [0.1, 0.15) is 33.9 Å². The summed E-state index contributed by atoms with van der Waals surface area (Å²) in [7, 11) is 0. The number of aromatic nitrogens is 2. The van der Waals surface area contributed by atoms with Crippen LogP contribution in [0.5, 0.6) is 0 Å². The molecule has 2 N–H and O–H groups in total. The zero-order valence-corrected chi connectivity index (χ0v) is 14.9. The van der Waals surface area contributed by atoms with Crippen molar-refractivity contribution in [3.63, 3.8) is 0 Å². The van der Waals surface area contributed by atoms with Gasteiger partial charge in [0.1, 0.15) is 0 Å². The molecule has 1 amide bonds. The number of aryl methyl sites for hydroxylation is 1. The molecular formula is C23H21N3O. The number of hydrogen-bond donors (Lipinski definition) is 2. The quantitative estimate of drug-likeness (QED) is 0.528. The first-order valence-electron chi connectivity index (χ1n) is 9.12. The number of rotatable bonds is 6. The van der Waals surface area contributed by atoms with Crippen LogP contribution in [0.3, 0.4) is 0 Å². The van der Waals surface area contributed by atoms with Gasteiger partial charge in [0.15, 0.2) is 0 Å². The molecule has 0 aliphatic carbocycles. The van der Waals surface area contributed by atoms with Gasteiger partial charge in [0, 0.05) is 29.5 Å². The van der Waals surface area contributed by atoms with E-state index in [1.54, 1.807) is 6.20 Å². The first-order valence-corrected chi connectivity index (χ1v) is 9.12. The molecule has 0 saturated carbocycles. The van der Waals surface area contributed by atoms with E-state index in [0.29, 0.717) is 5.56 Å². The number of hydrogen-bond acceptors (Lipinski definition) is 2. The maximum Gasteiger partial charge on any atom is 0.251 e. The predicted molar refractivity (Wildman–Crippen MR) is 108 cm³/mol. The number of carbonyl (C=O) groups excluding carboxylic acids is 1. The van der Waals surface area contributed by atoms with Gasteiger partial charge < -0.3 is 10.3 Å². The van der Waals surface area contributed by atoms with Crippen molar-refractivity contribution in [2.45, 2.75) is 18.9 Å². The summed E-state index contributed by atoms with van der Waals surface area (Å²) in [6.07, 6.45) is 7.33. The van der Waals surface area contributed by atoms with Crippen molar-refractivity contribution in [1.29, 1.82) is 0 Å². The fourth-order valence-corrected chi connectivity index (χ4v) is 3.29. The van der Waals surface area contributed by atoms with E-state index in [1.807, 2.05) is 67.0 Å². The molecule has 27 heavy (non-hydrogen) atoms. The molecule has 4 aromatic rings. The van der Waals surface area contributed by atoms with Gasteiger partial charge in [-0.2, -0.15) is 0 Å². The molecule has 1 unspecified atom stereocenters. The SMILES string of the molecule is O=C(NC(CCc1ccccc1)c1cc[nH]c1)c1ccc2ncccc2c1. The van der Waals surface area contributed by atoms with Crippen molar-refractivity contribution in [3.05, 3.63) is 102 Å². The summed E-state index contributed by atoms with van der Waals surface area (Å²) in [6, 6.07) is 21.8. The molecule has 0 fully saturated rings. The summed E-state index contributed by atoms with van der Waals surface area (Å²) in [5, 5.41) is 4.16. The number of H-pyrrole nitrogens is 1. The van der Waals surface area contributed by atoms with Gasteiger partial charge in [0.05, 0.1) is 11.6 Å². The highest BCUT2D eigenvalue weighted by molar-refractivity contribution is 5.98. The Hall–Kier alpha value is -3.40. The minimum atomic E-state index is -0.0694. The molecule has 0 saturated heterocycles. The lowest BCUT2D eigenvalue weighted by Gasteiger charge is -2.18. The Morgan fingerprint density at radius 3 is 2.74 bits per heavy atom. The summed E-state index contributed by atoms with van der Waals surface area (Å²) >= 11 is 0. The van der Waals surface area contributed by atoms with Crippen molar-refractivity contribution < 1.29 is 4.79 Å². The van der Waals surface area contributed by atoms with E-state index in [4.69, 9.17) is 0 Å². The molecule has 0 aliphatic rings. The Morgan fingerprint density at radius 2 is 1.93 bits per heavy atom. The molecule has 2 aromatic heterocycles. The predicted octanol–water partition coefficient (Wildman–Crippen LogP) is 4.67. The molecule has 2 heterocycles. The van der Waals surface area contributed by atoms with Gasteiger partial charge in [-0.25, -0.2) is 0 Å². The highest BCUT2D eigenvalue weighted by Gasteiger charge is 2.16. The van der Waals surface area contributed by atoms with Crippen LogP contribution in [0.15, 0.2) is 85.3 Å². The van der Waals surface area contributed by atoms with Crippen LogP contribution >= 0.6 is 0 Å². The molecule has 4 rings (SSSR count). The summed E-state index contributed by atoms with van der Waals surface area (Å²) in [5.41, 5.74) is 3.89. The van der Waals surface area contributed by atoms with Gasteiger partial charge in [0.25, 0.3) is 5.91 Å². The topological polar surface area (TPSA) is 57.8 Å². The van der Waals surface area contributed by atoms with Gasteiger partial charge in [-0.15, -0.1) is 0 Å². The van der Waals surface area contributed by atoms with Crippen molar-refractivity contribution in [1.82, 2.24) is 15.3 Å². The van der Waals surface area contributed by atoms with Gasteiger partial charge >= 0.3 is 0 Å². The van der Waals surface area contributed by atoms with Crippen LogP contribution in [0.25, 0.3) is 10.9 Å². The normalized spacial score (nSPS) is 12.0. The number of amides is 1. The third-order valence-corrected chi connectivity index (χ3v) is 4.76. The van der Waals surface area contributed by atoms with Crippen LogP contribution in [-0.4, -0.2) is 15.9 Å². The second-order valence-electron chi connectivity index (χ2n) is 6.61. The Morgan fingerprint density at radius 1 is 1.04 bits per heavy atom. The number of nitrogens with one attached hydrogen (secondary N) is 2. The molecular weight excluding hydrogens is 334 g/mol. The van der Waals surface area contributed by atoms with Crippen LogP contribution in [0.2, 0.25) is 0 Å². The van der Waals surface area contributed by atoms with Crippen molar-refractivity contribution in [2.75, 3.05) is 0 Å². The van der Waals surface area contributed by atoms with Gasteiger partial charge in [0.2, 0.25) is 0 Å². The number of aromatic amines is 1. The molecule has 0 aliphatic heterocycles. The number of carbonyl (C=O) groups is 1. The molecule has 0 radical (unpaired) electrons. The van der Waals surface area contributed by atoms with E-state index in [0.717, 1.165) is 29.3 Å². The number of pyridine rings is 1. The Bertz CT molecular complexity index is 1030. The molecule has 0 spiro atoms. The second kappa shape index (κ2) is 7.87. The number of fused-ring (bicyclic) bond motifs is 1. The van der Waals surface area contributed by atoms with Gasteiger partial charge in [-0.1, -0.05) is 36.4 Å². The third kappa shape index (κ3) is 4.06. The second-order valence-corrected chi connectivity index (χ2v) is 6.61. The molecule has 2 aromatic carbocycles. The lowest BCUT2D eigenvalue weighted by Crippen LogP contribution is -2.28. The summed E-state index contributed by atoms with van der Waals surface area (Å²) < 4.78 is 0. The van der Waals surface area contributed by atoms with E-state index in [9.17, 15) is 4.79 Å². The first kappa shape index (κ1) is 17.0. The maximum atomic E-state index is 12.9. The summed E-state index contributed by atoms with van der Waals surface area (Å²) in [5.74, 6) is -0.0694. The number of nitrogens with zero attached hydrogens (tertiary/aromatic N) is 1. The lowest BCUT2D eigenvalue weighted by atomic mass is 10.0. The fourth-order valence-electron chi connectivity index (χ4n) is 3.29. The monoisotopic (exact) mass is 355 g/mol. The fraction of sp³-hybridized carbons (Fsp3) is 0.130. The van der Waals surface area contributed by atoms with Gasteiger partial charge in [-0.3, -0.25) is 9.78 Å². The lowest BCUT2D eigenvalue weighted by molar-refractivity contribution is 0.0935. The summed E-state index contributed by atoms with van der Waals surface area (Å²) in [4.78, 5) is 20.3. The van der Waals surface area contributed by atoms with Crippen LogP contribution in [-0.2, 0) is 6.42 Å². The average molecular weight is 355 g/mol. The third-order valence-electron chi connectivity index (χ3n) is 4.76. The minimum Gasteiger partial charge on any atom is -0.367 e. The zero-order chi connectivity index (χ0) is 18.5. The van der Waals surface area contributed by atoms with Crippen LogP contribution in [0.4, 0.5) is 0 Å². The zero-order valence-electron chi connectivity index (χ0n) is 14.9. The molecule has 0 bridgehead atoms. The van der Waals surface area contributed by atoms with Gasteiger partial charge in [-0.05, 0) is 54.3 Å². The molecule has 1 atom stereocenters. The Labute approximate surface area is 158 Å². The molecule has 4 heteroatoms. The van der Waals surface area contributed by atoms with E-state index in [2.05, 4.69) is 27.4 Å². The highest BCUT2D eigenvalue weighted by Crippen LogP contribution is 2.21. The van der Waals surface area contributed by atoms with E-state index in [1.165, 1.54) is 5.56 Å². The van der Waals surface area contributed by atoms with Crippen molar-refractivity contribution in [2.24, 2.45) is 0 Å². The van der Waals surface area contributed by atoms with Crippen molar-refractivity contribution >= 4 is 16.8 Å². The van der Waals surface area contributed by atoms with E-state index >= 15 is 0 Å². The average Bonchev–Trinajstić information content (AvgIpc) is 3.26. The highest BCUT2D eigenvalue weighted by atomic mass is 16.1. The first-order chi connectivity index (χ1) is 13.3. The van der Waals surface area contributed by atoms with E-state index < -0.39 is 0 Å². The van der Waals surface area contributed by atoms with Crippen LogP contribution in [0, 0.1) is 0 Å². The van der Waals surface area contributed by atoms with Crippen LogP contribution < -0.4 is 5.32 Å². The molecule has 4 nitrogen and oxygen atoms in total. The summed E-state index contributed by atoms with van der Waals surface area (Å²) in [6.45, 7) is 0. The Balaban J connectivity index is 1.52. The molecule has 134 valence electrons. The standard InChI is InChI=1S/C23H21N3O/c27-23(19-9-11-21-18(15-19)7-4-13-25-21)26-22(20-12-14-24-16-20)10-8-17-5-2-1-3-6-17/h1-7,9,11-16,22,24H,8,10H2,(H,26,27). The Kier molecular flexibility index (Phi) is 4.97. The van der Waals surface area contributed by atoms with Crippen molar-refractivity contribution in [3.8, 4) is 0 Å².